The zero-order chi connectivity index (χ0) is 22.1. The van der Waals surface area contributed by atoms with Crippen molar-refractivity contribution in [2.45, 2.75) is 25.7 Å². The Morgan fingerprint density at radius 1 is 1.03 bits per heavy atom. The van der Waals surface area contributed by atoms with Gasteiger partial charge in [0.2, 0.25) is 0 Å². The van der Waals surface area contributed by atoms with Crippen LogP contribution in [0.4, 0.5) is 11.4 Å². The van der Waals surface area contributed by atoms with Gasteiger partial charge in [-0.15, -0.1) is 0 Å². The number of nitrogens with one attached hydrogen (secondary N) is 3. The molecule has 1 fully saturated rings. The molecule has 0 spiro atoms. The van der Waals surface area contributed by atoms with Crippen molar-refractivity contribution in [2.24, 2.45) is 0 Å². The van der Waals surface area contributed by atoms with Gasteiger partial charge in [0.1, 0.15) is 5.69 Å². The third kappa shape index (κ3) is 4.12. The summed E-state index contributed by atoms with van der Waals surface area (Å²) in [6.07, 6.45) is 4.00. The van der Waals surface area contributed by atoms with Gasteiger partial charge < -0.3 is 25.3 Å². The molecule has 2 amide bonds. The SMILES string of the molecule is O=C(Nc1cc2c(c(C(=O)N3CCCCC3)c1)OCCCN2)c1cc2cc(Cl)ccc2[nH]1. The van der Waals surface area contributed by atoms with Crippen molar-refractivity contribution in [3.05, 3.63) is 52.7 Å². The molecule has 8 heteroatoms. The number of likely N-dealkylation sites (tertiary alicyclic amines) is 1. The number of carbonyl (C=O) groups is 2. The fourth-order valence-corrected chi connectivity index (χ4v) is 4.49. The number of anilines is 2. The number of aromatic nitrogens is 1. The first kappa shape index (κ1) is 20.7. The minimum atomic E-state index is -0.289. The number of carbonyl (C=O) groups excluding carboxylic acids is 2. The highest BCUT2D eigenvalue weighted by molar-refractivity contribution is 6.31. The van der Waals surface area contributed by atoms with Crippen LogP contribution in [0.1, 0.15) is 46.5 Å². The van der Waals surface area contributed by atoms with Gasteiger partial charge in [-0.05, 0) is 62.1 Å². The second kappa shape index (κ2) is 8.74. The zero-order valence-electron chi connectivity index (χ0n) is 17.7. The van der Waals surface area contributed by atoms with Crippen LogP contribution in [0.2, 0.25) is 5.02 Å². The third-order valence-electron chi connectivity index (χ3n) is 5.93. The Morgan fingerprint density at radius 3 is 2.72 bits per heavy atom. The number of piperidine rings is 1. The second-order valence-corrected chi connectivity index (χ2v) is 8.69. The zero-order valence-corrected chi connectivity index (χ0v) is 18.4. The van der Waals surface area contributed by atoms with E-state index in [9.17, 15) is 9.59 Å². The van der Waals surface area contributed by atoms with Crippen LogP contribution in [0.3, 0.4) is 0 Å². The first-order valence-corrected chi connectivity index (χ1v) is 11.4. The highest BCUT2D eigenvalue weighted by atomic mass is 35.5. The Hall–Kier alpha value is -3.19. The van der Waals surface area contributed by atoms with Crippen LogP contribution in [-0.2, 0) is 0 Å². The lowest BCUT2D eigenvalue weighted by atomic mass is 10.1. The fourth-order valence-electron chi connectivity index (χ4n) is 4.31. The van der Waals surface area contributed by atoms with E-state index < -0.39 is 0 Å². The number of hydrogen-bond acceptors (Lipinski definition) is 4. The average molecular weight is 453 g/mol. The van der Waals surface area contributed by atoms with Crippen molar-refractivity contribution in [3.8, 4) is 5.75 Å². The lowest BCUT2D eigenvalue weighted by Crippen LogP contribution is -2.36. The Kier molecular flexibility index (Phi) is 5.66. The standard InChI is InChI=1S/C24H25ClN4O3/c25-16-5-6-19-15(11-16)12-21(28-19)23(30)27-17-13-18(24(31)29-8-2-1-3-9-29)22-20(14-17)26-7-4-10-32-22/h5-6,11-14,26,28H,1-4,7-10H2,(H,27,30). The summed E-state index contributed by atoms with van der Waals surface area (Å²) in [7, 11) is 0. The molecule has 0 aliphatic carbocycles. The Balaban J connectivity index is 1.46. The van der Waals surface area contributed by atoms with Crippen LogP contribution >= 0.6 is 11.6 Å². The van der Waals surface area contributed by atoms with Crippen LogP contribution in [0.25, 0.3) is 10.9 Å². The highest BCUT2D eigenvalue weighted by Crippen LogP contribution is 2.36. The van der Waals surface area contributed by atoms with Crippen LogP contribution < -0.4 is 15.4 Å². The molecule has 3 heterocycles. The van der Waals surface area contributed by atoms with E-state index in [4.69, 9.17) is 16.3 Å². The topological polar surface area (TPSA) is 86.5 Å². The second-order valence-electron chi connectivity index (χ2n) is 8.25. The molecule has 1 saturated heterocycles. The number of aromatic amines is 1. The van der Waals surface area contributed by atoms with Gasteiger partial charge in [-0.1, -0.05) is 11.6 Å². The van der Waals surface area contributed by atoms with E-state index >= 15 is 0 Å². The molecule has 0 radical (unpaired) electrons. The number of hydrogen-bond donors (Lipinski definition) is 3. The van der Waals surface area contributed by atoms with E-state index in [1.165, 1.54) is 0 Å². The molecule has 5 rings (SSSR count). The van der Waals surface area contributed by atoms with Crippen LogP contribution in [-0.4, -0.2) is 47.9 Å². The first-order valence-electron chi connectivity index (χ1n) is 11.0. The minimum absolute atomic E-state index is 0.0546. The fraction of sp³-hybridized carbons (Fsp3) is 0.333. The summed E-state index contributed by atoms with van der Waals surface area (Å²) in [5, 5.41) is 7.74. The first-order chi connectivity index (χ1) is 15.6. The molecular weight excluding hydrogens is 428 g/mol. The van der Waals surface area contributed by atoms with Gasteiger partial charge in [0, 0.05) is 41.2 Å². The predicted octanol–water partition coefficient (Wildman–Crippen LogP) is 4.89. The molecule has 32 heavy (non-hydrogen) atoms. The molecule has 3 aromatic rings. The summed E-state index contributed by atoms with van der Waals surface area (Å²) >= 11 is 6.06. The summed E-state index contributed by atoms with van der Waals surface area (Å²) in [6.45, 7) is 2.78. The number of fused-ring (bicyclic) bond motifs is 2. The molecule has 166 valence electrons. The van der Waals surface area contributed by atoms with Crippen LogP contribution in [0, 0.1) is 0 Å². The van der Waals surface area contributed by atoms with Gasteiger partial charge in [0.15, 0.2) is 5.75 Å². The van der Waals surface area contributed by atoms with Crippen molar-refractivity contribution in [3.63, 3.8) is 0 Å². The van der Waals surface area contributed by atoms with Crippen molar-refractivity contribution in [1.82, 2.24) is 9.88 Å². The Labute approximate surface area is 191 Å². The van der Waals surface area contributed by atoms with Crippen molar-refractivity contribution in [1.29, 1.82) is 0 Å². The summed E-state index contributed by atoms with van der Waals surface area (Å²) in [4.78, 5) is 31.3. The Morgan fingerprint density at radius 2 is 1.88 bits per heavy atom. The molecular formula is C24H25ClN4O3. The summed E-state index contributed by atoms with van der Waals surface area (Å²) in [5.41, 5.74) is 3.01. The van der Waals surface area contributed by atoms with Crippen molar-refractivity contribution < 1.29 is 14.3 Å². The van der Waals surface area contributed by atoms with Crippen molar-refractivity contribution in [2.75, 3.05) is 36.9 Å². The molecule has 3 N–H and O–H groups in total. The van der Waals surface area contributed by atoms with Gasteiger partial charge in [0.05, 0.1) is 17.9 Å². The lowest BCUT2D eigenvalue weighted by molar-refractivity contribution is 0.0720. The Bertz CT molecular complexity index is 1180. The van der Waals surface area contributed by atoms with E-state index in [1.54, 1.807) is 18.2 Å². The molecule has 0 bridgehead atoms. The van der Waals surface area contributed by atoms with Gasteiger partial charge in [-0.25, -0.2) is 0 Å². The quantitative estimate of drug-likeness (QED) is 0.527. The minimum Gasteiger partial charge on any atom is -0.491 e. The molecule has 7 nitrogen and oxygen atoms in total. The number of nitrogens with zero attached hydrogens (tertiary/aromatic N) is 1. The third-order valence-corrected chi connectivity index (χ3v) is 6.17. The average Bonchev–Trinajstić information content (AvgIpc) is 3.08. The normalized spacial score (nSPS) is 16.0. The van der Waals surface area contributed by atoms with Gasteiger partial charge >= 0.3 is 0 Å². The maximum Gasteiger partial charge on any atom is 0.272 e. The maximum absolute atomic E-state index is 13.3. The molecule has 0 unspecified atom stereocenters. The van der Waals surface area contributed by atoms with E-state index in [2.05, 4.69) is 15.6 Å². The molecule has 2 aliphatic heterocycles. The van der Waals surface area contributed by atoms with Crippen LogP contribution in [0.15, 0.2) is 36.4 Å². The monoisotopic (exact) mass is 452 g/mol. The summed E-state index contributed by atoms with van der Waals surface area (Å²) < 4.78 is 5.95. The summed E-state index contributed by atoms with van der Waals surface area (Å²) in [6, 6.07) is 10.7. The largest absolute Gasteiger partial charge is 0.491 e. The number of benzene rings is 2. The maximum atomic E-state index is 13.3. The number of halogens is 1. The van der Waals surface area contributed by atoms with E-state index in [0.717, 1.165) is 61.9 Å². The van der Waals surface area contributed by atoms with Crippen LogP contribution in [0.5, 0.6) is 5.75 Å². The molecule has 0 saturated carbocycles. The van der Waals surface area contributed by atoms with Crippen molar-refractivity contribution >= 4 is 45.7 Å². The smallest absolute Gasteiger partial charge is 0.272 e. The highest BCUT2D eigenvalue weighted by Gasteiger charge is 2.26. The predicted molar refractivity (Wildman–Crippen MR) is 126 cm³/mol. The lowest BCUT2D eigenvalue weighted by Gasteiger charge is -2.28. The number of rotatable bonds is 3. The van der Waals surface area contributed by atoms with E-state index in [0.29, 0.717) is 34.3 Å². The number of H-pyrrole nitrogens is 1. The molecule has 0 atom stereocenters. The summed E-state index contributed by atoms with van der Waals surface area (Å²) in [5.74, 6) is 0.223. The molecule has 2 aromatic carbocycles. The molecule has 2 aliphatic rings. The van der Waals surface area contributed by atoms with E-state index in [1.807, 2.05) is 23.1 Å². The van der Waals surface area contributed by atoms with E-state index in [-0.39, 0.29) is 11.8 Å². The number of ether oxygens (including phenoxy) is 1. The van der Waals surface area contributed by atoms with Gasteiger partial charge in [0.25, 0.3) is 11.8 Å². The van der Waals surface area contributed by atoms with Gasteiger partial charge in [-0.3, -0.25) is 9.59 Å². The van der Waals surface area contributed by atoms with Gasteiger partial charge in [-0.2, -0.15) is 0 Å². The molecule has 1 aromatic heterocycles. The number of amides is 2.